The van der Waals surface area contributed by atoms with Gasteiger partial charge in [-0.25, -0.2) is 0 Å². The maximum Gasteiger partial charge on any atom is 0.255 e. The molecule has 2 aromatic carbocycles. The Morgan fingerprint density at radius 2 is 1.09 bits per heavy atom. The monoisotopic (exact) mass is 332 g/mol. The molecule has 0 atom stereocenters. The Morgan fingerprint density at radius 1 is 0.739 bits per heavy atom. The average molecular weight is 332 g/mol. The molecule has 0 saturated heterocycles. The van der Waals surface area contributed by atoms with Gasteiger partial charge in [-0.15, -0.1) is 0 Å². The normalized spacial score (nSPS) is 10.1. The Kier molecular flexibility index (Phi) is 5.87. The summed E-state index contributed by atoms with van der Waals surface area (Å²) in [6, 6.07) is 14.6. The first kappa shape index (κ1) is 16.7. The minimum Gasteiger partial charge on any atom is -0.484 e. The summed E-state index contributed by atoms with van der Waals surface area (Å²) < 4.78 is 10.4. The predicted octanol–water partition coefficient (Wildman–Crippen LogP) is 1.57. The third kappa shape index (κ3) is 5.91. The molecule has 0 aromatic heterocycles. The second-order valence-corrected chi connectivity index (χ2v) is 5.70. The Labute approximate surface area is 137 Å². The summed E-state index contributed by atoms with van der Waals surface area (Å²) >= 11 is 1.56. The van der Waals surface area contributed by atoms with Crippen molar-refractivity contribution in [3.63, 3.8) is 0 Å². The minimum atomic E-state index is -0.512. The highest BCUT2D eigenvalue weighted by molar-refractivity contribution is 7.99. The van der Waals surface area contributed by atoms with Crippen molar-refractivity contribution in [1.29, 1.82) is 0 Å². The molecule has 6 nitrogen and oxygen atoms in total. The summed E-state index contributed by atoms with van der Waals surface area (Å²) in [4.78, 5) is 23.3. The van der Waals surface area contributed by atoms with Crippen LogP contribution >= 0.6 is 11.8 Å². The molecule has 0 heterocycles. The molecule has 0 aliphatic carbocycles. The molecule has 2 amide bonds. The molecular weight excluding hydrogens is 316 g/mol. The van der Waals surface area contributed by atoms with Gasteiger partial charge in [-0.05, 0) is 48.5 Å². The van der Waals surface area contributed by atoms with Crippen LogP contribution in [0.1, 0.15) is 0 Å². The molecule has 23 heavy (non-hydrogen) atoms. The molecule has 7 heteroatoms. The fraction of sp³-hybridized carbons (Fsp3) is 0.125. The van der Waals surface area contributed by atoms with Gasteiger partial charge in [0.2, 0.25) is 0 Å². The Bertz CT molecular complexity index is 612. The second kappa shape index (κ2) is 8.09. The van der Waals surface area contributed by atoms with E-state index in [1.54, 1.807) is 36.0 Å². The molecule has 0 radical (unpaired) electrons. The van der Waals surface area contributed by atoms with E-state index in [9.17, 15) is 9.59 Å². The van der Waals surface area contributed by atoms with E-state index in [1.807, 2.05) is 24.3 Å². The number of hydrogen-bond donors (Lipinski definition) is 2. The fourth-order valence-electron chi connectivity index (χ4n) is 1.65. The molecule has 120 valence electrons. The van der Waals surface area contributed by atoms with Gasteiger partial charge >= 0.3 is 0 Å². The first-order chi connectivity index (χ1) is 11.0. The quantitative estimate of drug-likeness (QED) is 0.763. The predicted molar refractivity (Wildman–Crippen MR) is 86.4 cm³/mol. The van der Waals surface area contributed by atoms with E-state index in [-0.39, 0.29) is 13.2 Å². The fourth-order valence-corrected chi connectivity index (χ4v) is 2.47. The number of rotatable bonds is 8. The molecule has 0 unspecified atom stereocenters. The van der Waals surface area contributed by atoms with Crippen LogP contribution in [0.2, 0.25) is 0 Å². The lowest BCUT2D eigenvalue weighted by atomic mass is 10.3. The van der Waals surface area contributed by atoms with Crippen molar-refractivity contribution in [3.05, 3.63) is 48.5 Å². The van der Waals surface area contributed by atoms with Crippen LogP contribution in [-0.2, 0) is 9.59 Å². The Balaban J connectivity index is 1.91. The largest absolute Gasteiger partial charge is 0.484 e. The topological polar surface area (TPSA) is 105 Å². The van der Waals surface area contributed by atoms with Crippen LogP contribution < -0.4 is 20.9 Å². The molecule has 0 saturated carbocycles. The summed E-state index contributed by atoms with van der Waals surface area (Å²) in [5.41, 5.74) is 10.0. The third-order valence-electron chi connectivity index (χ3n) is 2.65. The number of hydrogen-bond acceptors (Lipinski definition) is 5. The smallest absolute Gasteiger partial charge is 0.255 e. The van der Waals surface area contributed by atoms with Gasteiger partial charge in [-0.2, -0.15) is 0 Å². The zero-order valence-corrected chi connectivity index (χ0v) is 13.0. The van der Waals surface area contributed by atoms with E-state index in [1.165, 1.54) is 0 Å². The summed E-state index contributed by atoms with van der Waals surface area (Å²) in [5.74, 6) is 0.149. The number of carbonyl (C=O) groups is 2. The first-order valence-electron chi connectivity index (χ1n) is 6.73. The van der Waals surface area contributed by atoms with Crippen LogP contribution in [-0.4, -0.2) is 25.0 Å². The van der Waals surface area contributed by atoms with Crippen LogP contribution in [0.25, 0.3) is 0 Å². The maximum atomic E-state index is 10.6. The number of primary amides is 2. The number of amides is 2. The van der Waals surface area contributed by atoms with E-state index in [4.69, 9.17) is 20.9 Å². The minimum absolute atomic E-state index is 0.140. The summed E-state index contributed by atoms with van der Waals surface area (Å²) in [6.45, 7) is -0.279. The van der Waals surface area contributed by atoms with Crippen molar-refractivity contribution < 1.29 is 19.1 Å². The molecule has 0 spiro atoms. The van der Waals surface area contributed by atoms with Crippen LogP contribution in [0.4, 0.5) is 0 Å². The number of carbonyl (C=O) groups excluding carboxylic acids is 2. The lowest BCUT2D eigenvalue weighted by Crippen LogP contribution is -2.19. The van der Waals surface area contributed by atoms with Crippen LogP contribution in [0, 0.1) is 0 Å². The lowest BCUT2D eigenvalue weighted by Gasteiger charge is -2.07. The van der Waals surface area contributed by atoms with Crippen molar-refractivity contribution in [2.24, 2.45) is 11.5 Å². The zero-order chi connectivity index (χ0) is 16.7. The Morgan fingerprint density at radius 3 is 1.39 bits per heavy atom. The van der Waals surface area contributed by atoms with Crippen molar-refractivity contribution in [1.82, 2.24) is 0 Å². The van der Waals surface area contributed by atoms with Gasteiger partial charge in [0.05, 0.1) is 0 Å². The van der Waals surface area contributed by atoms with Gasteiger partial charge in [-0.1, -0.05) is 11.8 Å². The average Bonchev–Trinajstić information content (AvgIpc) is 2.53. The van der Waals surface area contributed by atoms with E-state index in [2.05, 4.69) is 0 Å². The maximum absolute atomic E-state index is 10.6. The number of nitrogens with two attached hydrogens (primary N) is 2. The number of ether oxygens (including phenoxy) is 2. The van der Waals surface area contributed by atoms with E-state index < -0.39 is 11.8 Å². The standard InChI is InChI=1S/C16H16N2O4S/c17-15(19)9-21-11-1-5-13(6-2-11)23-14-7-3-12(4-8-14)22-10-16(18)20/h1-8H,9-10H2,(H2,17,19)(H2,18,20). The molecule has 0 bridgehead atoms. The van der Waals surface area contributed by atoms with Crippen LogP contribution in [0.15, 0.2) is 58.3 Å². The SMILES string of the molecule is NC(=O)COc1ccc(Sc2ccc(OCC(N)=O)cc2)cc1. The highest BCUT2D eigenvalue weighted by Crippen LogP contribution is 2.30. The molecule has 2 aromatic rings. The molecule has 0 aliphatic heterocycles. The summed E-state index contributed by atoms with van der Waals surface area (Å²) in [6.07, 6.45) is 0. The van der Waals surface area contributed by atoms with Gasteiger partial charge in [0.15, 0.2) is 13.2 Å². The summed E-state index contributed by atoms with van der Waals surface area (Å²) in [5, 5.41) is 0. The van der Waals surface area contributed by atoms with Gasteiger partial charge in [0.1, 0.15) is 11.5 Å². The lowest BCUT2D eigenvalue weighted by molar-refractivity contribution is -0.120. The van der Waals surface area contributed by atoms with E-state index in [0.29, 0.717) is 11.5 Å². The summed E-state index contributed by atoms with van der Waals surface area (Å²) in [7, 11) is 0. The highest BCUT2D eigenvalue weighted by atomic mass is 32.2. The van der Waals surface area contributed by atoms with Gasteiger partial charge in [0, 0.05) is 9.79 Å². The molecule has 4 N–H and O–H groups in total. The Hall–Kier alpha value is -2.67. The van der Waals surface area contributed by atoms with Crippen molar-refractivity contribution in [2.75, 3.05) is 13.2 Å². The molecule has 2 rings (SSSR count). The highest BCUT2D eigenvalue weighted by Gasteiger charge is 2.02. The molecule has 0 fully saturated rings. The second-order valence-electron chi connectivity index (χ2n) is 4.55. The van der Waals surface area contributed by atoms with Crippen LogP contribution in [0.3, 0.4) is 0 Å². The number of benzene rings is 2. The van der Waals surface area contributed by atoms with E-state index >= 15 is 0 Å². The molecular formula is C16H16N2O4S. The third-order valence-corrected chi connectivity index (χ3v) is 3.66. The zero-order valence-electron chi connectivity index (χ0n) is 12.2. The van der Waals surface area contributed by atoms with Crippen molar-refractivity contribution >= 4 is 23.6 Å². The van der Waals surface area contributed by atoms with Crippen molar-refractivity contribution in [2.45, 2.75) is 9.79 Å². The van der Waals surface area contributed by atoms with Gasteiger partial charge < -0.3 is 20.9 Å². The van der Waals surface area contributed by atoms with E-state index in [0.717, 1.165) is 9.79 Å². The van der Waals surface area contributed by atoms with Crippen LogP contribution in [0.5, 0.6) is 11.5 Å². The first-order valence-corrected chi connectivity index (χ1v) is 7.55. The molecule has 0 aliphatic rings. The van der Waals surface area contributed by atoms with Crippen molar-refractivity contribution in [3.8, 4) is 11.5 Å². The van der Waals surface area contributed by atoms with Gasteiger partial charge in [-0.3, -0.25) is 9.59 Å². The van der Waals surface area contributed by atoms with Gasteiger partial charge in [0.25, 0.3) is 11.8 Å².